The average molecular weight is 314 g/mol. The molecule has 7 heteroatoms. The minimum Gasteiger partial charge on any atom is -0.477 e. The monoisotopic (exact) mass is 314 g/mol. The number of hydrogen-bond acceptors (Lipinski definition) is 6. The first-order chi connectivity index (χ1) is 10.7. The van der Waals surface area contributed by atoms with Crippen LogP contribution >= 0.6 is 11.3 Å². The van der Waals surface area contributed by atoms with Gasteiger partial charge in [0, 0.05) is 6.07 Å². The summed E-state index contributed by atoms with van der Waals surface area (Å²) in [6.07, 6.45) is 0. The summed E-state index contributed by atoms with van der Waals surface area (Å²) in [5.41, 5.74) is 2.24. The molecule has 0 spiro atoms. The molecule has 0 fully saturated rings. The topological polar surface area (TPSA) is 77.0 Å². The number of thiazole rings is 1. The Hall–Kier alpha value is -2.54. The fourth-order valence-corrected chi connectivity index (χ4v) is 2.87. The number of aryl methyl sites for hydroxylation is 1. The molecule has 1 aromatic carbocycles. The highest BCUT2D eigenvalue weighted by molar-refractivity contribution is 7.22. The second-order valence-electron chi connectivity index (χ2n) is 4.63. The van der Waals surface area contributed by atoms with Crippen LogP contribution in [-0.2, 0) is 0 Å². The molecule has 3 aromatic rings. The Kier molecular flexibility index (Phi) is 3.97. The maximum Gasteiger partial charge on any atom is 0.277 e. The number of amides is 1. The molecule has 0 aliphatic carbocycles. The van der Waals surface area contributed by atoms with Gasteiger partial charge in [0.25, 0.3) is 5.91 Å². The summed E-state index contributed by atoms with van der Waals surface area (Å²) in [5.74, 6) is 0.0563. The molecule has 0 unspecified atom stereocenters. The second kappa shape index (κ2) is 6.07. The number of nitrogens with one attached hydrogen (secondary N) is 1. The molecule has 0 bridgehead atoms. The Balaban J connectivity index is 1.77. The van der Waals surface area contributed by atoms with E-state index in [4.69, 9.17) is 4.74 Å². The smallest absolute Gasteiger partial charge is 0.277 e. The highest BCUT2D eigenvalue weighted by Gasteiger charge is 2.12. The van der Waals surface area contributed by atoms with E-state index in [1.54, 1.807) is 12.1 Å². The van der Waals surface area contributed by atoms with Gasteiger partial charge in [-0.25, -0.2) is 4.98 Å². The molecule has 22 heavy (non-hydrogen) atoms. The molecule has 6 nitrogen and oxygen atoms in total. The summed E-state index contributed by atoms with van der Waals surface area (Å²) in [6, 6.07) is 9.16. The number of nitrogens with zero attached hydrogens (tertiary/aromatic N) is 3. The first kappa shape index (κ1) is 14.4. The van der Waals surface area contributed by atoms with E-state index < -0.39 is 0 Å². The van der Waals surface area contributed by atoms with Gasteiger partial charge in [-0.15, -0.1) is 10.2 Å². The summed E-state index contributed by atoms with van der Waals surface area (Å²) < 4.78 is 6.23. The zero-order valence-electron chi connectivity index (χ0n) is 12.2. The van der Waals surface area contributed by atoms with Crippen molar-refractivity contribution in [2.45, 2.75) is 13.8 Å². The minimum atomic E-state index is -0.341. The number of carbonyl (C=O) groups is 1. The fraction of sp³-hybridized carbons (Fsp3) is 0.200. The van der Waals surface area contributed by atoms with Crippen LogP contribution in [0.4, 0.5) is 5.13 Å². The molecular formula is C15H14N4O2S. The molecule has 112 valence electrons. The van der Waals surface area contributed by atoms with Crippen molar-refractivity contribution < 1.29 is 9.53 Å². The Bertz CT molecular complexity index is 814. The van der Waals surface area contributed by atoms with Gasteiger partial charge in [-0.3, -0.25) is 10.1 Å². The van der Waals surface area contributed by atoms with Crippen LogP contribution < -0.4 is 10.1 Å². The van der Waals surface area contributed by atoms with Crippen molar-refractivity contribution in [1.82, 2.24) is 15.2 Å². The van der Waals surface area contributed by atoms with Gasteiger partial charge in [-0.05, 0) is 37.6 Å². The number of fused-ring (bicyclic) bond motifs is 1. The Morgan fingerprint density at radius 1 is 1.27 bits per heavy atom. The van der Waals surface area contributed by atoms with Crippen LogP contribution in [0, 0.1) is 6.92 Å². The van der Waals surface area contributed by atoms with Gasteiger partial charge in [0.05, 0.1) is 16.8 Å². The van der Waals surface area contributed by atoms with Gasteiger partial charge < -0.3 is 4.74 Å². The normalized spacial score (nSPS) is 10.6. The van der Waals surface area contributed by atoms with Crippen molar-refractivity contribution >= 4 is 32.6 Å². The molecule has 0 aliphatic heterocycles. The molecule has 0 atom stereocenters. The molecule has 1 N–H and O–H groups in total. The van der Waals surface area contributed by atoms with Gasteiger partial charge in [0.1, 0.15) is 0 Å². The number of carbonyl (C=O) groups excluding carboxylic acids is 1. The van der Waals surface area contributed by atoms with Crippen LogP contribution in [0.15, 0.2) is 30.3 Å². The van der Waals surface area contributed by atoms with E-state index in [2.05, 4.69) is 20.5 Å². The van der Waals surface area contributed by atoms with Gasteiger partial charge in [-0.1, -0.05) is 17.4 Å². The predicted molar refractivity (Wildman–Crippen MR) is 85.5 cm³/mol. The number of aromatic nitrogens is 3. The van der Waals surface area contributed by atoms with Crippen LogP contribution in [0.5, 0.6) is 5.88 Å². The number of hydrogen-bond donors (Lipinski definition) is 1. The Morgan fingerprint density at radius 2 is 2.14 bits per heavy atom. The van der Waals surface area contributed by atoms with Crippen molar-refractivity contribution in [2.75, 3.05) is 11.9 Å². The van der Waals surface area contributed by atoms with Crippen LogP contribution in [0.1, 0.15) is 23.0 Å². The number of benzene rings is 1. The highest BCUT2D eigenvalue weighted by atomic mass is 32.1. The Morgan fingerprint density at radius 3 is 2.86 bits per heavy atom. The molecule has 0 radical (unpaired) electrons. The molecule has 0 saturated heterocycles. The van der Waals surface area contributed by atoms with E-state index >= 15 is 0 Å². The molecule has 0 saturated carbocycles. The Labute approximate surface area is 131 Å². The third-order valence-corrected chi connectivity index (χ3v) is 3.86. The second-order valence-corrected chi connectivity index (χ2v) is 5.66. The summed E-state index contributed by atoms with van der Waals surface area (Å²) in [5, 5.41) is 11.0. The van der Waals surface area contributed by atoms with Crippen LogP contribution in [0.3, 0.4) is 0 Å². The fourth-order valence-electron chi connectivity index (χ4n) is 1.91. The van der Waals surface area contributed by atoms with Gasteiger partial charge in [-0.2, -0.15) is 0 Å². The van der Waals surface area contributed by atoms with E-state index in [-0.39, 0.29) is 11.6 Å². The lowest BCUT2D eigenvalue weighted by atomic mass is 10.2. The van der Waals surface area contributed by atoms with E-state index in [1.165, 1.54) is 11.3 Å². The molecule has 3 rings (SSSR count). The van der Waals surface area contributed by atoms with Crippen molar-refractivity contribution in [3.8, 4) is 5.88 Å². The predicted octanol–water partition coefficient (Wildman–Crippen LogP) is 3.05. The van der Waals surface area contributed by atoms with Crippen molar-refractivity contribution in [1.29, 1.82) is 0 Å². The zero-order chi connectivity index (χ0) is 15.5. The van der Waals surface area contributed by atoms with E-state index in [1.807, 2.05) is 32.0 Å². The highest BCUT2D eigenvalue weighted by Crippen LogP contribution is 2.26. The number of anilines is 1. The van der Waals surface area contributed by atoms with E-state index in [0.717, 1.165) is 15.8 Å². The van der Waals surface area contributed by atoms with Crippen LogP contribution in [0.25, 0.3) is 10.2 Å². The third kappa shape index (κ3) is 3.04. The van der Waals surface area contributed by atoms with Crippen LogP contribution in [0.2, 0.25) is 0 Å². The van der Waals surface area contributed by atoms with Gasteiger partial charge in [0.15, 0.2) is 10.8 Å². The molecule has 2 aromatic heterocycles. The van der Waals surface area contributed by atoms with E-state index in [0.29, 0.717) is 17.6 Å². The van der Waals surface area contributed by atoms with Gasteiger partial charge in [0.2, 0.25) is 5.88 Å². The lowest BCUT2D eigenvalue weighted by molar-refractivity contribution is 0.102. The first-order valence-electron chi connectivity index (χ1n) is 6.81. The number of ether oxygens (including phenoxy) is 1. The largest absolute Gasteiger partial charge is 0.477 e. The maximum absolute atomic E-state index is 12.1. The summed E-state index contributed by atoms with van der Waals surface area (Å²) >= 11 is 1.43. The zero-order valence-corrected chi connectivity index (χ0v) is 13.0. The van der Waals surface area contributed by atoms with E-state index in [9.17, 15) is 4.79 Å². The average Bonchev–Trinajstić information content (AvgIpc) is 2.89. The SMILES string of the molecule is CCOc1ccc(C(=O)Nc2nc3ccc(C)cc3s2)nn1. The lowest BCUT2D eigenvalue weighted by Gasteiger charge is -2.02. The quantitative estimate of drug-likeness (QED) is 0.801. The minimum absolute atomic E-state index is 0.221. The molecule has 2 heterocycles. The number of rotatable bonds is 4. The van der Waals surface area contributed by atoms with Crippen molar-refractivity contribution in [2.24, 2.45) is 0 Å². The maximum atomic E-state index is 12.1. The third-order valence-electron chi connectivity index (χ3n) is 2.93. The lowest BCUT2D eigenvalue weighted by Crippen LogP contribution is -2.14. The summed E-state index contributed by atoms with van der Waals surface area (Å²) in [4.78, 5) is 16.5. The summed E-state index contributed by atoms with van der Waals surface area (Å²) in [7, 11) is 0. The summed E-state index contributed by atoms with van der Waals surface area (Å²) in [6.45, 7) is 4.38. The molecule has 0 aliphatic rings. The molecule has 1 amide bonds. The van der Waals surface area contributed by atoms with Crippen molar-refractivity contribution in [3.05, 3.63) is 41.6 Å². The standard InChI is InChI=1S/C15H14N4O2S/c1-3-21-13-7-6-11(18-19-13)14(20)17-15-16-10-5-4-9(2)8-12(10)22-15/h4-8H,3H2,1-2H3,(H,16,17,20). The van der Waals surface area contributed by atoms with Crippen LogP contribution in [-0.4, -0.2) is 27.7 Å². The first-order valence-corrected chi connectivity index (χ1v) is 7.62. The molecular weight excluding hydrogens is 300 g/mol. The van der Waals surface area contributed by atoms with Gasteiger partial charge >= 0.3 is 0 Å². The van der Waals surface area contributed by atoms with Crippen molar-refractivity contribution in [3.63, 3.8) is 0 Å².